The SMILES string of the molecule is CCO.Clc1cncc(Cl)c1N1CCC(c2nccs2)CC1.NC(=S)C1CCN(c2c(Cl)cncc2Cl)CC1.O=CCCl. The molecule has 8 nitrogen and oxygen atoms in total. The number of nitrogens with zero attached hydrogens (tertiary/aromatic N) is 5. The van der Waals surface area contributed by atoms with Crippen LogP contribution in [0.3, 0.4) is 0 Å². The zero-order valence-corrected chi connectivity index (χ0v) is 29.1. The van der Waals surface area contributed by atoms with Crippen LogP contribution in [-0.4, -0.2) is 70.0 Å². The quantitative estimate of drug-likeness (QED) is 0.157. The number of rotatable bonds is 5. The average Bonchev–Trinajstić information content (AvgIpc) is 3.54. The molecule has 3 N–H and O–H groups in total. The summed E-state index contributed by atoms with van der Waals surface area (Å²) in [5.74, 6) is 1.01. The summed E-state index contributed by atoms with van der Waals surface area (Å²) < 4.78 is 0. The van der Waals surface area contributed by atoms with Gasteiger partial charge in [-0.25, -0.2) is 4.98 Å². The van der Waals surface area contributed by atoms with Gasteiger partial charge in [-0.3, -0.25) is 9.97 Å². The molecular weight excluding hydrogens is 694 g/mol. The van der Waals surface area contributed by atoms with Crippen molar-refractivity contribution in [1.29, 1.82) is 0 Å². The van der Waals surface area contributed by atoms with Gasteiger partial charge >= 0.3 is 0 Å². The van der Waals surface area contributed by atoms with E-state index in [1.807, 2.05) is 11.6 Å². The fourth-order valence-corrected chi connectivity index (χ4v) is 6.84. The van der Waals surface area contributed by atoms with Gasteiger partial charge in [0.15, 0.2) is 0 Å². The van der Waals surface area contributed by atoms with E-state index in [1.165, 1.54) is 5.01 Å². The number of thiocarbonyl (C=S) groups is 1. The summed E-state index contributed by atoms with van der Waals surface area (Å²) in [6, 6.07) is 0. The Morgan fingerprint density at radius 2 is 1.35 bits per heavy atom. The minimum atomic E-state index is 0.111. The molecule has 2 aliphatic rings. The van der Waals surface area contributed by atoms with Gasteiger partial charge in [0.1, 0.15) is 6.29 Å². The van der Waals surface area contributed by atoms with Crippen molar-refractivity contribution >= 4 is 104 Å². The number of piperidine rings is 2. The standard InChI is InChI=1S/C13H13Cl2N3S.C11H13Cl2N3S.C2H3ClO.C2H6O/c14-10-7-16-8-11(15)12(10)18-4-1-9(2-5-18)13-17-3-6-19-13;12-8-5-15-6-9(13)10(8)16-3-1-7(2-4-16)11(14)17;3-1-2-4;1-2-3/h3,6-9H,1-2,4-5H2;5-7H,1-4H2,(H2,14,17);2H,1H2;3H,2H2,1H3. The second-order valence-corrected chi connectivity index (χ2v) is 12.7. The lowest BCUT2D eigenvalue weighted by Crippen LogP contribution is -2.38. The summed E-state index contributed by atoms with van der Waals surface area (Å²) in [5.41, 5.74) is 7.44. The van der Waals surface area contributed by atoms with Gasteiger partial charge in [0.2, 0.25) is 0 Å². The Kier molecular flexibility index (Phi) is 18.0. The van der Waals surface area contributed by atoms with E-state index in [2.05, 4.69) is 24.8 Å². The summed E-state index contributed by atoms with van der Waals surface area (Å²) in [7, 11) is 0. The summed E-state index contributed by atoms with van der Waals surface area (Å²) in [6.07, 6.45) is 13.1. The Labute approximate surface area is 287 Å². The summed E-state index contributed by atoms with van der Waals surface area (Å²) in [5, 5.41) is 13.3. The smallest absolute Gasteiger partial charge is 0.134 e. The van der Waals surface area contributed by atoms with E-state index in [4.69, 9.17) is 85.9 Å². The molecule has 2 fully saturated rings. The first-order valence-corrected chi connectivity index (χ1v) is 16.9. The maximum atomic E-state index is 9.04. The van der Waals surface area contributed by atoms with E-state index >= 15 is 0 Å². The second kappa shape index (κ2) is 20.5. The lowest BCUT2D eigenvalue weighted by Gasteiger charge is -2.34. The number of hydrogen-bond donors (Lipinski definition) is 2. The summed E-state index contributed by atoms with van der Waals surface area (Å²) in [6.45, 7) is 5.57. The Bertz CT molecular complexity index is 1220. The molecule has 236 valence electrons. The van der Waals surface area contributed by atoms with Crippen LogP contribution in [0.4, 0.5) is 11.4 Å². The molecule has 5 rings (SSSR count). The second-order valence-electron chi connectivity index (χ2n) is 9.34. The lowest BCUT2D eigenvalue weighted by atomic mass is 9.96. The van der Waals surface area contributed by atoms with Crippen molar-refractivity contribution in [2.75, 3.05) is 48.5 Å². The molecule has 0 aromatic carbocycles. The molecule has 0 bridgehead atoms. The molecule has 3 aromatic rings. The van der Waals surface area contributed by atoms with Crippen LogP contribution in [0, 0.1) is 5.92 Å². The molecule has 0 amide bonds. The molecule has 5 heterocycles. The number of aromatic nitrogens is 3. The van der Waals surface area contributed by atoms with Crippen molar-refractivity contribution < 1.29 is 9.90 Å². The van der Waals surface area contributed by atoms with Gasteiger partial charge in [-0.15, -0.1) is 22.9 Å². The maximum absolute atomic E-state index is 9.04. The van der Waals surface area contributed by atoms with Gasteiger partial charge in [-0.05, 0) is 32.6 Å². The monoisotopic (exact) mass is 726 g/mol. The fraction of sp³-hybridized carbons (Fsp3) is 0.464. The number of aldehydes is 1. The molecule has 0 atom stereocenters. The number of hydrogen-bond acceptors (Lipinski definition) is 9. The first-order chi connectivity index (χ1) is 20.7. The first-order valence-electron chi connectivity index (χ1n) is 13.5. The van der Waals surface area contributed by atoms with Crippen molar-refractivity contribution in [2.24, 2.45) is 11.7 Å². The Hall–Kier alpha value is -1.50. The number of halogens is 5. The van der Waals surface area contributed by atoms with Crippen LogP contribution < -0.4 is 15.5 Å². The van der Waals surface area contributed by atoms with Gasteiger partial charge in [0, 0.05) is 81.0 Å². The van der Waals surface area contributed by atoms with E-state index < -0.39 is 0 Å². The van der Waals surface area contributed by atoms with E-state index in [1.54, 1.807) is 43.0 Å². The fourth-order valence-electron chi connectivity index (χ4n) is 4.59. The van der Waals surface area contributed by atoms with Gasteiger partial charge in [0.05, 0.1) is 47.3 Å². The van der Waals surface area contributed by atoms with Gasteiger partial charge in [-0.2, -0.15) is 0 Å². The lowest BCUT2D eigenvalue weighted by molar-refractivity contribution is -0.105. The minimum absolute atomic E-state index is 0.111. The van der Waals surface area contributed by atoms with Crippen LogP contribution in [0.2, 0.25) is 20.1 Å². The molecule has 3 aromatic heterocycles. The highest BCUT2D eigenvalue weighted by molar-refractivity contribution is 7.80. The van der Waals surface area contributed by atoms with Gasteiger partial charge in [-0.1, -0.05) is 58.6 Å². The number of alkyl halides is 1. The molecule has 0 radical (unpaired) electrons. The molecule has 0 saturated carbocycles. The molecule has 43 heavy (non-hydrogen) atoms. The van der Waals surface area contributed by atoms with Crippen LogP contribution in [-0.2, 0) is 4.79 Å². The Morgan fingerprint density at radius 1 is 0.953 bits per heavy atom. The predicted octanol–water partition coefficient (Wildman–Crippen LogP) is 7.54. The normalized spacial score (nSPS) is 15.2. The molecule has 2 aliphatic heterocycles. The van der Waals surface area contributed by atoms with Crippen LogP contribution >= 0.6 is 81.6 Å². The minimum Gasteiger partial charge on any atom is -0.397 e. The topological polar surface area (TPSA) is 108 Å². The van der Waals surface area contributed by atoms with Crippen LogP contribution in [0.25, 0.3) is 0 Å². The number of nitrogens with two attached hydrogens (primary N) is 1. The number of thiazole rings is 1. The van der Waals surface area contributed by atoms with E-state index in [-0.39, 0.29) is 12.5 Å². The highest BCUT2D eigenvalue weighted by Gasteiger charge is 2.25. The number of anilines is 2. The average molecular weight is 729 g/mol. The van der Waals surface area contributed by atoms with Gasteiger partial charge in [0.25, 0.3) is 0 Å². The largest absolute Gasteiger partial charge is 0.397 e. The predicted molar refractivity (Wildman–Crippen MR) is 186 cm³/mol. The van der Waals surface area contributed by atoms with Crippen molar-refractivity contribution in [3.8, 4) is 0 Å². The zero-order valence-electron chi connectivity index (χ0n) is 23.6. The third-order valence-electron chi connectivity index (χ3n) is 6.54. The van der Waals surface area contributed by atoms with Gasteiger partial charge < -0.3 is 25.4 Å². The number of aliphatic hydroxyl groups excluding tert-OH is 1. The molecule has 0 spiro atoms. The van der Waals surface area contributed by atoms with Crippen LogP contribution in [0.5, 0.6) is 0 Å². The Balaban J connectivity index is 0.000000248. The molecular formula is C28H35Cl5N6O2S2. The van der Waals surface area contributed by atoms with Crippen LogP contribution in [0.1, 0.15) is 43.5 Å². The van der Waals surface area contributed by atoms with Crippen molar-refractivity contribution in [1.82, 2.24) is 15.0 Å². The first kappa shape index (κ1) is 37.7. The summed E-state index contributed by atoms with van der Waals surface area (Å²) >= 11 is 36.2. The van der Waals surface area contributed by atoms with Crippen molar-refractivity contribution in [3.63, 3.8) is 0 Å². The number of aliphatic hydroxyl groups is 1. The number of carbonyl (C=O) groups is 1. The number of carbonyl (C=O) groups excluding carboxylic acids is 1. The zero-order chi connectivity index (χ0) is 31.8. The highest BCUT2D eigenvalue weighted by atomic mass is 35.5. The molecule has 0 unspecified atom stereocenters. The maximum Gasteiger partial charge on any atom is 0.134 e. The van der Waals surface area contributed by atoms with Crippen molar-refractivity contribution in [2.45, 2.75) is 38.5 Å². The van der Waals surface area contributed by atoms with E-state index in [0.717, 1.165) is 63.2 Å². The van der Waals surface area contributed by atoms with E-state index in [9.17, 15) is 0 Å². The molecule has 0 aliphatic carbocycles. The van der Waals surface area contributed by atoms with Crippen LogP contribution in [0.15, 0.2) is 36.4 Å². The summed E-state index contributed by atoms with van der Waals surface area (Å²) in [4.78, 5) is 26.4. The third-order valence-corrected chi connectivity index (χ3v) is 9.05. The molecule has 2 saturated heterocycles. The highest BCUT2D eigenvalue weighted by Crippen LogP contribution is 2.38. The molecule has 15 heteroatoms. The van der Waals surface area contributed by atoms with E-state index in [0.29, 0.717) is 43.2 Å². The Morgan fingerprint density at radius 3 is 1.67 bits per heavy atom. The third kappa shape index (κ3) is 12.1. The van der Waals surface area contributed by atoms with Crippen molar-refractivity contribution in [3.05, 3.63) is 61.5 Å². The number of pyridine rings is 2.